The van der Waals surface area contributed by atoms with Crippen LogP contribution in [0, 0.1) is 23.2 Å². The molecule has 2 nitrogen and oxygen atoms in total. The van der Waals surface area contributed by atoms with Crippen molar-refractivity contribution in [1.82, 2.24) is 4.90 Å². The average Bonchev–Trinajstić information content (AvgIpc) is 2.34. The SMILES string of the molecule is CC(C)N1CC(CCC#N)C2CCC21. The van der Waals surface area contributed by atoms with Crippen LogP contribution in [-0.4, -0.2) is 23.5 Å². The molecule has 14 heavy (non-hydrogen) atoms. The van der Waals surface area contributed by atoms with Gasteiger partial charge in [0.1, 0.15) is 0 Å². The average molecular weight is 192 g/mol. The second kappa shape index (κ2) is 3.90. The van der Waals surface area contributed by atoms with E-state index in [-0.39, 0.29) is 0 Å². The van der Waals surface area contributed by atoms with E-state index in [4.69, 9.17) is 5.26 Å². The predicted octanol–water partition coefficient (Wildman–Crippen LogP) is 2.41. The fourth-order valence-electron chi connectivity index (χ4n) is 3.16. The van der Waals surface area contributed by atoms with Crippen molar-refractivity contribution < 1.29 is 0 Å². The molecule has 3 unspecified atom stereocenters. The monoisotopic (exact) mass is 192 g/mol. The van der Waals surface area contributed by atoms with Crippen LogP contribution >= 0.6 is 0 Å². The highest BCUT2D eigenvalue weighted by atomic mass is 15.2. The molecule has 0 N–H and O–H groups in total. The van der Waals surface area contributed by atoms with Crippen LogP contribution in [-0.2, 0) is 0 Å². The summed E-state index contributed by atoms with van der Waals surface area (Å²) in [7, 11) is 0. The third kappa shape index (κ3) is 1.54. The number of rotatable bonds is 3. The number of nitriles is 1. The summed E-state index contributed by atoms with van der Waals surface area (Å²) in [5.74, 6) is 1.74. The minimum absolute atomic E-state index is 0.690. The lowest BCUT2D eigenvalue weighted by Crippen LogP contribution is -2.43. The predicted molar refractivity (Wildman–Crippen MR) is 56.7 cm³/mol. The summed E-state index contributed by atoms with van der Waals surface area (Å²) in [5.41, 5.74) is 0. The van der Waals surface area contributed by atoms with E-state index in [0.717, 1.165) is 30.7 Å². The molecule has 0 aromatic heterocycles. The lowest BCUT2D eigenvalue weighted by Gasteiger charge is -2.39. The first-order valence-corrected chi connectivity index (χ1v) is 5.86. The van der Waals surface area contributed by atoms with E-state index in [2.05, 4.69) is 24.8 Å². The molecule has 0 aromatic carbocycles. The minimum atomic E-state index is 0.690. The van der Waals surface area contributed by atoms with Crippen molar-refractivity contribution in [2.24, 2.45) is 11.8 Å². The van der Waals surface area contributed by atoms with Gasteiger partial charge in [-0.05, 0) is 44.9 Å². The molecule has 2 rings (SSSR count). The molecule has 1 saturated carbocycles. The molecule has 1 saturated heterocycles. The van der Waals surface area contributed by atoms with E-state index in [9.17, 15) is 0 Å². The molecule has 2 fully saturated rings. The van der Waals surface area contributed by atoms with Crippen molar-refractivity contribution >= 4 is 0 Å². The lowest BCUT2D eigenvalue weighted by molar-refractivity contribution is 0.109. The summed E-state index contributed by atoms with van der Waals surface area (Å²) >= 11 is 0. The highest BCUT2D eigenvalue weighted by Crippen LogP contribution is 2.46. The van der Waals surface area contributed by atoms with Gasteiger partial charge >= 0.3 is 0 Å². The van der Waals surface area contributed by atoms with E-state index < -0.39 is 0 Å². The van der Waals surface area contributed by atoms with Gasteiger partial charge < -0.3 is 0 Å². The molecule has 0 radical (unpaired) electrons. The fourth-order valence-corrected chi connectivity index (χ4v) is 3.16. The van der Waals surface area contributed by atoms with Gasteiger partial charge in [0.05, 0.1) is 6.07 Å². The third-order valence-corrected chi connectivity index (χ3v) is 4.06. The van der Waals surface area contributed by atoms with Crippen molar-refractivity contribution in [2.45, 2.75) is 51.6 Å². The Morgan fingerprint density at radius 2 is 2.21 bits per heavy atom. The first kappa shape index (κ1) is 9.98. The van der Waals surface area contributed by atoms with Crippen LogP contribution in [0.1, 0.15) is 39.5 Å². The molecule has 2 heteroatoms. The summed E-state index contributed by atoms with van der Waals surface area (Å²) in [6, 6.07) is 3.83. The molecular weight excluding hydrogens is 172 g/mol. The summed E-state index contributed by atoms with van der Waals surface area (Å²) < 4.78 is 0. The van der Waals surface area contributed by atoms with E-state index in [1.807, 2.05) is 0 Å². The Bertz CT molecular complexity index is 241. The Morgan fingerprint density at radius 1 is 1.43 bits per heavy atom. The van der Waals surface area contributed by atoms with Gasteiger partial charge in [-0.2, -0.15) is 5.26 Å². The van der Waals surface area contributed by atoms with Crippen LogP contribution < -0.4 is 0 Å². The van der Waals surface area contributed by atoms with Crippen molar-refractivity contribution in [2.75, 3.05) is 6.54 Å². The Hall–Kier alpha value is -0.550. The topological polar surface area (TPSA) is 27.0 Å². The van der Waals surface area contributed by atoms with Gasteiger partial charge in [-0.15, -0.1) is 0 Å². The standard InChI is InChI=1S/C12H20N2/c1-9(2)14-8-10(4-3-7-13)11-5-6-12(11)14/h9-12H,3-6,8H2,1-2H3. The summed E-state index contributed by atoms with van der Waals surface area (Å²) in [6.45, 7) is 5.83. The van der Waals surface area contributed by atoms with Crippen molar-refractivity contribution in [3.05, 3.63) is 0 Å². The third-order valence-electron chi connectivity index (χ3n) is 4.06. The van der Waals surface area contributed by atoms with Crippen molar-refractivity contribution in [1.29, 1.82) is 5.26 Å². The Kier molecular flexibility index (Phi) is 2.78. The first-order valence-electron chi connectivity index (χ1n) is 5.86. The molecule has 1 aliphatic carbocycles. The highest BCUT2D eigenvalue weighted by Gasteiger charge is 2.47. The van der Waals surface area contributed by atoms with Crippen LogP contribution in [0.2, 0.25) is 0 Å². The van der Waals surface area contributed by atoms with Gasteiger partial charge in [0, 0.05) is 25.0 Å². The zero-order valence-corrected chi connectivity index (χ0v) is 9.24. The molecular formula is C12H20N2. The van der Waals surface area contributed by atoms with Gasteiger partial charge in [0.25, 0.3) is 0 Å². The van der Waals surface area contributed by atoms with Crippen LogP contribution in [0.25, 0.3) is 0 Å². The van der Waals surface area contributed by atoms with E-state index in [1.165, 1.54) is 19.4 Å². The lowest BCUT2D eigenvalue weighted by atomic mass is 9.73. The largest absolute Gasteiger partial charge is 0.297 e. The zero-order chi connectivity index (χ0) is 10.1. The number of hydrogen-bond donors (Lipinski definition) is 0. The molecule has 0 bridgehead atoms. The van der Waals surface area contributed by atoms with Gasteiger partial charge in [-0.25, -0.2) is 0 Å². The number of likely N-dealkylation sites (tertiary alicyclic amines) is 1. The molecule has 2 aliphatic rings. The molecule has 78 valence electrons. The van der Waals surface area contributed by atoms with Crippen molar-refractivity contribution in [3.63, 3.8) is 0 Å². The smallest absolute Gasteiger partial charge is 0.0621 e. The molecule has 3 atom stereocenters. The number of nitrogens with zero attached hydrogens (tertiary/aromatic N) is 2. The molecule has 1 aliphatic heterocycles. The Labute approximate surface area is 86.9 Å². The van der Waals surface area contributed by atoms with Gasteiger partial charge in [-0.3, -0.25) is 4.90 Å². The normalized spacial score (nSPS) is 36.6. The second-order valence-electron chi connectivity index (χ2n) is 5.06. The molecule has 0 amide bonds. The first-order chi connectivity index (χ1) is 6.74. The maximum absolute atomic E-state index is 8.61. The van der Waals surface area contributed by atoms with Crippen molar-refractivity contribution in [3.8, 4) is 6.07 Å². The van der Waals surface area contributed by atoms with Crippen LogP contribution in [0.5, 0.6) is 0 Å². The number of fused-ring (bicyclic) bond motifs is 1. The van der Waals surface area contributed by atoms with E-state index >= 15 is 0 Å². The van der Waals surface area contributed by atoms with Gasteiger partial charge in [0.15, 0.2) is 0 Å². The maximum Gasteiger partial charge on any atom is 0.0621 e. The molecule has 0 spiro atoms. The zero-order valence-electron chi connectivity index (χ0n) is 9.24. The highest BCUT2D eigenvalue weighted by molar-refractivity contribution is 5.01. The number of hydrogen-bond acceptors (Lipinski definition) is 2. The van der Waals surface area contributed by atoms with E-state index in [0.29, 0.717) is 6.04 Å². The summed E-state index contributed by atoms with van der Waals surface area (Å²) in [5, 5.41) is 8.61. The Morgan fingerprint density at radius 3 is 2.64 bits per heavy atom. The van der Waals surface area contributed by atoms with E-state index in [1.54, 1.807) is 0 Å². The minimum Gasteiger partial charge on any atom is -0.297 e. The summed E-state index contributed by atoms with van der Waals surface area (Å²) in [4.78, 5) is 2.65. The van der Waals surface area contributed by atoms with Gasteiger partial charge in [0.2, 0.25) is 0 Å². The maximum atomic E-state index is 8.61. The van der Waals surface area contributed by atoms with Crippen LogP contribution in [0.15, 0.2) is 0 Å². The molecule has 1 heterocycles. The van der Waals surface area contributed by atoms with Gasteiger partial charge in [-0.1, -0.05) is 0 Å². The van der Waals surface area contributed by atoms with Crippen LogP contribution in [0.4, 0.5) is 0 Å². The second-order valence-corrected chi connectivity index (χ2v) is 5.06. The summed E-state index contributed by atoms with van der Waals surface area (Å²) in [6.07, 6.45) is 4.68. The molecule has 0 aromatic rings. The quantitative estimate of drug-likeness (QED) is 0.686. The van der Waals surface area contributed by atoms with Crippen LogP contribution in [0.3, 0.4) is 0 Å². The fraction of sp³-hybridized carbons (Fsp3) is 0.917. The Balaban J connectivity index is 1.93.